The number of hydrogen-bond donors (Lipinski definition) is 1. The van der Waals surface area contributed by atoms with Crippen molar-refractivity contribution in [3.05, 3.63) is 59.8 Å². The number of carbonyl (C=O) groups excluding carboxylic acids is 1. The lowest BCUT2D eigenvalue weighted by Gasteiger charge is -2.23. The van der Waals surface area contributed by atoms with Crippen LogP contribution in [-0.4, -0.2) is 38.9 Å². The molecule has 2 N–H and O–H groups in total. The second kappa shape index (κ2) is 9.42. The van der Waals surface area contributed by atoms with Crippen molar-refractivity contribution in [2.45, 2.75) is 39.3 Å². The number of nitrogen functional groups attached to an aromatic ring is 1. The molecule has 0 radical (unpaired) electrons. The van der Waals surface area contributed by atoms with E-state index in [-0.39, 0.29) is 35.3 Å². The number of rotatable bonds is 5. The van der Waals surface area contributed by atoms with Gasteiger partial charge in [0, 0.05) is 23.8 Å². The lowest BCUT2D eigenvalue weighted by Crippen LogP contribution is -2.18. The Hall–Kier alpha value is -3.85. The SMILES string of the molecule is CCOC(=O)c1cc(-c2cccnc2F)nc(-c2c(C)ccc3c2cnn3C2CCCCO2)c1N. The number of pyridine rings is 2. The van der Waals surface area contributed by atoms with Crippen LogP contribution in [0, 0.1) is 12.9 Å². The number of halogens is 1. The van der Waals surface area contributed by atoms with E-state index in [4.69, 9.17) is 20.2 Å². The van der Waals surface area contributed by atoms with Gasteiger partial charge in [-0.3, -0.25) is 0 Å². The van der Waals surface area contributed by atoms with Gasteiger partial charge < -0.3 is 15.2 Å². The topological polar surface area (TPSA) is 105 Å². The smallest absolute Gasteiger partial charge is 0.340 e. The largest absolute Gasteiger partial charge is 0.462 e. The molecule has 1 aliphatic heterocycles. The van der Waals surface area contributed by atoms with Gasteiger partial charge in [0.15, 0.2) is 6.23 Å². The maximum absolute atomic E-state index is 14.6. The predicted molar refractivity (Wildman–Crippen MR) is 130 cm³/mol. The Bertz CT molecular complexity index is 1410. The van der Waals surface area contributed by atoms with Crippen LogP contribution in [0.1, 0.15) is 48.3 Å². The number of hydrogen-bond acceptors (Lipinski definition) is 7. The Balaban J connectivity index is 1.75. The molecule has 35 heavy (non-hydrogen) atoms. The average molecular weight is 476 g/mol. The van der Waals surface area contributed by atoms with Crippen LogP contribution < -0.4 is 5.73 Å². The normalized spacial score (nSPS) is 15.9. The average Bonchev–Trinajstić information content (AvgIpc) is 3.30. The van der Waals surface area contributed by atoms with E-state index in [1.807, 2.05) is 23.7 Å². The zero-order valence-electron chi connectivity index (χ0n) is 19.6. The lowest BCUT2D eigenvalue weighted by atomic mass is 9.97. The maximum atomic E-state index is 14.6. The van der Waals surface area contributed by atoms with Crippen LogP contribution in [0.25, 0.3) is 33.4 Å². The zero-order chi connectivity index (χ0) is 24.5. The third-order valence-corrected chi connectivity index (χ3v) is 6.24. The molecule has 4 heterocycles. The summed E-state index contributed by atoms with van der Waals surface area (Å²) in [5, 5.41) is 5.44. The number of fused-ring (bicyclic) bond motifs is 1. The van der Waals surface area contributed by atoms with Crippen molar-refractivity contribution in [3.63, 3.8) is 0 Å². The summed E-state index contributed by atoms with van der Waals surface area (Å²) >= 11 is 0. The van der Waals surface area contributed by atoms with Gasteiger partial charge in [-0.25, -0.2) is 19.4 Å². The molecule has 5 rings (SSSR count). The first-order valence-corrected chi connectivity index (χ1v) is 11.7. The molecule has 0 aliphatic carbocycles. The second-order valence-electron chi connectivity index (χ2n) is 8.48. The van der Waals surface area contributed by atoms with E-state index in [0.717, 1.165) is 41.3 Å². The Labute approximate surface area is 201 Å². The van der Waals surface area contributed by atoms with Crippen molar-refractivity contribution >= 4 is 22.6 Å². The number of nitrogens with zero attached hydrogens (tertiary/aromatic N) is 4. The first kappa shape index (κ1) is 22.9. The molecule has 8 nitrogen and oxygen atoms in total. The molecule has 1 unspecified atom stereocenters. The molecule has 1 aromatic carbocycles. The van der Waals surface area contributed by atoms with Crippen LogP contribution >= 0.6 is 0 Å². The molecule has 9 heteroatoms. The van der Waals surface area contributed by atoms with Crippen molar-refractivity contribution < 1.29 is 18.7 Å². The van der Waals surface area contributed by atoms with Crippen LogP contribution in [0.2, 0.25) is 0 Å². The number of esters is 1. The molecule has 1 atom stereocenters. The maximum Gasteiger partial charge on any atom is 0.340 e. The van der Waals surface area contributed by atoms with Crippen molar-refractivity contribution in [3.8, 4) is 22.5 Å². The van der Waals surface area contributed by atoms with E-state index in [1.54, 1.807) is 25.3 Å². The van der Waals surface area contributed by atoms with Crippen LogP contribution in [-0.2, 0) is 9.47 Å². The fraction of sp³-hybridized carbons (Fsp3) is 0.308. The third kappa shape index (κ3) is 4.12. The van der Waals surface area contributed by atoms with Gasteiger partial charge in [0.1, 0.15) is 0 Å². The highest BCUT2D eigenvalue weighted by Crippen LogP contribution is 2.39. The van der Waals surface area contributed by atoms with E-state index in [9.17, 15) is 9.18 Å². The van der Waals surface area contributed by atoms with Gasteiger partial charge in [-0.15, -0.1) is 0 Å². The molecule has 0 spiro atoms. The minimum absolute atomic E-state index is 0.120. The van der Waals surface area contributed by atoms with Gasteiger partial charge >= 0.3 is 5.97 Å². The van der Waals surface area contributed by atoms with E-state index in [0.29, 0.717) is 12.3 Å². The molecule has 0 saturated carbocycles. The number of ether oxygens (including phenoxy) is 2. The summed E-state index contributed by atoms with van der Waals surface area (Å²) in [5.41, 5.74) is 10.0. The summed E-state index contributed by atoms with van der Waals surface area (Å²) in [6.07, 6.45) is 5.96. The van der Waals surface area contributed by atoms with Crippen molar-refractivity contribution in [1.29, 1.82) is 0 Å². The molecular formula is C26H26FN5O3. The molecule has 1 aliphatic rings. The number of benzene rings is 1. The van der Waals surface area contributed by atoms with Crippen LogP contribution in [0.15, 0.2) is 42.7 Å². The molecule has 1 fully saturated rings. The van der Waals surface area contributed by atoms with Gasteiger partial charge in [-0.2, -0.15) is 9.49 Å². The summed E-state index contributed by atoms with van der Waals surface area (Å²) in [7, 11) is 0. The van der Waals surface area contributed by atoms with E-state index in [1.165, 1.54) is 12.3 Å². The van der Waals surface area contributed by atoms with Crippen molar-refractivity contribution in [1.82, 2.24) is 19.7 Å². The zero-order valence-corrected chi connectivity index (χ0v) is 19.6. The van der Waals surface area contributed by atoms with Gasteiger partial charge in [-0.1, -0.05) is 6.07 Å². The molecule has 1 saturated heterocycles. The highest BCUT2D eigenvalue weighted by atomic mass is 19.1. The van der Waals surface area contributed by atoms with E-state index >= 15 is 0 Å². The molecule has 180 valence electrons. The Morgan fingerprint density at radius 1 is 1.31 bits per heavy atom. The minimum atomic E-state index is -0.692. The molecular weight excluding hydrogens is 449 g/mol. The summed E-state index contributed by atoms with van der Waals surface area (Å²) in [6, 6.07) is 8.57. The standard InChI is InChI=1S/C26H26FN5O3/c1-3-34-26(33)17-13-19(16-7-6-11-29-25(16)27)31-24(23(17)28)22-15(2)9-10-20-18(22)14-30-32(20)21-8-4-5-12-35-21/h6-7,9-11,13-14,21H,3-5,8,12,28H2,1-2H3. The van der Waals surface area contributed by atoms with Crippen LogP contribution in [0.4, 0.5) is 10.1 Å². The number of carbonyl (C=O) groups is 1. The first-order chi connectivity index (χ1) is 17.0. The van der Waals surface area contributed by atoms with Crippen molar-refractivity contribution in [2.75, 3.05) is 18.9 Å². The van der Waals surface area contributed by atoms with Crippen molar-refractivity contribution in [2.24, 2.45) is 0 Å². The second-order valence-corrected chi connectivity index (χ2v) is 8.48. The van der Waals surface area contributed by atoms with E-state index < -0.39 is 11.9 Å². The summed E-state index contributed by atoms with van der Waals surface area (Å²) in [6.45, 7) is 4.52. The number of aromatic nitrogens is 4. The fourth-order valence-electron chi connectivity index (χ4n) is 4.53. The number of anilines is 1. The molecule has 3 aromatic heterocycles. The number of aryl methyl sites for hydroxylation is 1. The predicted octanol–water partition coefficient (Wildman–Crippen LogP) is 5.07. The third-order valence-electron chi connectivity index (χ3n) is 6.24. The first-order valence-electron chi connectivity index (χ1n) is 11.7. The molecule has 0 bridgehead atoms. The number of nitrogens with two attached hydrogens (primary N) is 1. The lowest BCUT2D eigenvalue weighted by molar-refractivity contribution is -0.0366. The Kier molecular flexibility index (Phi) is 6.17. The molecule has 4 aromatic rings. The van der Waals surface area contributed by atoms with Crippen LogP contribution in [0.3, 0.4) is 0 Å². The van der Waals surface area contributed by atoms with E-state index in [2.05, 4.69) is 10.1 Å². The summed E-state index contributed by atoms with van der Waals surface area (Å²) < 4.78 is 27.7. The van der Waals surface area contributed by atoms with Gasteiger partial charge in [0.05, 0.1) is 46.5 Å². The van der Waals surface area contributed by atoms with Gasteiger partial charge in [-0.05, 0) is 62.9 Å². The van der Waals surface area contributed by atoms with Crippen LogP contribution in [0.5, 0.6) is 0 Å². The monoisotopic (exact) mass is 475 g/mol. The quantitative estimate of drug-likeness (QED) is 0.317. The van der Waals surface area contributed by atoms with Gasteiger partial charge in [0.2, 0.25) is 5.95 Å². The van der Waals surface area contributed by atoms with Gasteiger partial charge in [0.25, 0.3) is 0 Å². The Morgan fingerprint density at radius 3 is 2.91 bits per heavy atom. The fourth-order valence-corrected chi connectivity index (χ4v) is 4.53. The summed E-state index contributed by atoms with van der Waals surface area (Å²) in [5.74, 6) is -1.29. The summed E-state index contributed by atoms with van der Waals surface area (Å²) in [4.78, 5) is 21.3. The minimum Gasteiger partial charge on any atom is -0.462 e. The Morgan fingerprint density at radius 2 is 2.17 bits per heavy atom. The highest BCUT2D eigenvalue weighted by Gasteiger charge is 2.25. The highest BCUT2D eigenvalue weighted by molar-refractivity contribution is 6.04. The molecule has 0 amide bonds.